The summed E-state index contributed by atoms with van der Waals surface area (Å²) in [6.45, 7) is 9.59. The van der Waals surface area contributed by atoms with Crippen LogP contribution in [0.1, 0.15) is 60.3 Å². The van der Waals surface area contributed by atoms with E-state index in [0.29, 0.717) is 5.92 Å². The minimum Gasteiger partial charge on any atom is -0.365 e. The molecule has 0 aliphatic rings. The van der Waals surface area contributed by atoms with Gasteiger partial charge in [0.2, 0.25) is 0 Å². The quantitative estimate of drug-likeness (QED) is 0.513. The van der Waals surface area contributed by atoms with Crippen molar-refractivity contribution in [3.05, 3.63) is 0 Å². The molecule has 0 spiro atoms. The summed E-state index contributed by atoms with van der Waals surface area (Å²) in [6.07, 6.45) is 4.69. The van der Waals surface area contributed by atoms with E-state index in [1.54, 1.807) is 0 Å². The Morgan fingerprint density at radius 1 is 1.07 bits per heavy atom. The highest BCUT2D eigenvalue weighted by Crippen LogP contribution is 2.38. The lowest BCUT2D eigenvalue weighted by Gasteiger charge is -2.40. The van der Waals surface area contributed by atoms with Crippen LogP contribution in [0.4, 0.5) is 0 Å². The minimum atomic E-state index is -1.58. The van der Waals surface area contributed by atoms with Gasteiger partial charge in [0.1, 0.15) is 0 Å². The Hall–Kier alpha value is -0.0800. The third kappa shape index (κ3) is 3.58. The highest BCUT2D eigenvalue weighted by Gasteiger charge is 2.41. The van der Waals surface area contributed by atoms with Crippen molar-refractivity contribution in [2.45, 2.75) is 66.1 Å². The van der Waals surface area contributed by atoms with Crippen LogP contribution in [0.3, 0.4) is 0 Å². The molecule has 14 heavy (non-hydrogen) atoms. The van der Waals surface area contributed by atoms with E-state index in [9.17, 15) is 10.2 Å². The SMILES string of the molecule is CCCCCC(C)C(C)(C)C(C)(O)O. The van der Waals surface area contributed by atoms with Crippen molar-refractivity contribution in [1.82, 2.24) is 0 Å². The average Bonchev–Trinajstić information content (AvgIpc) is 2.02. The zero-order chi connectivity index (χ0) is 11.4. The molecule has 2 heteroatoms. The maximum Gasteiger partial charge on any atom is 0.165 e. The summed E-state index contributed by atoms with van der Waals surface area (Å²) < 4.78 is 0. The van der Waals surface area contributed by atoms with Crippen LogP contribution in [0.2, 0.25) is 0 Å². The Balaban J connectivity index is 4.15. The number of aliphatic hydroxyl groups is 2. The third-order valence-electron chi connectivity index (χ3n) is 3.69. The van der Waals surface area contributed by atoms with Crippen LogP contribution in [-0.2, 0) is 0 Å². The van der Waals surface area contributed by atoms with Crippen LogP contribution in [-0.4, -0.2) is 16.0 Å². The Morgan fingerprint density at radius 3 is 1.93 bits per heavy atom. The van der Waals surface area contributed by atoms with E-state index >= 15 is 0 Å². The number of hydrogen-bond donors (Lipinski definition) is 2. The molecule has 0 fully saturated rings. The second-order valence-corrected chi connectivity index (χ2v) is 5.14. The molecule has 0 rings (SSSR count). The van der Waals surface area contributed by atoms with Crippen molar-refractivity contribution in [3.63, 3.8) is 0 Å². The van der Waals surface area contributed by atoms with Gasteiger partial charge in [-0.15, -0.1) is 0 Å². The van der Waals surface area contributed by atoms with Gasteiger partial charge >= 0.3 is 0 Å². The van der Waals surface area contributed by atoms with Gasteiger partial charge in [-0.05, 0) is 12.8 Å². The molecule has 0 heterocycles. The summed E-state index contributed by atoms with van der Waals surface area (Å²) in [4.78, 5) is 0. The summed E-state index contributed by atoms with van der Waals surface area (Å²) in [5.41, 5.74) is -0.444. The predicted octanol–water partition coefficient (Wildman–Crippen LogP) is 2.93. The standard InChI is InChI=1S/C12H26O2/c1-6-7-8-9-10(2)11(3,4)12(5,13)14/h10,13-14H,6-9H2,1-5H3. The molecule has 0 aromatic heterocycles. The number of unbranched alkanes of at least 4 members (excludes halogenated alkanes) is 2. The Labute approximate surface area is 88.3 Å². The summed E-state index contributed by atoms with van der Waals surface area (Å²) >= 11 is 0. The first-order valence-electron chi connectivity index (χ1n) is 5.68. The second-order valence-electron chi connectivity index (χ2n) is 5.14. The van der Waals surface area contributed by atoms with Gasteiger partial charge in [-0.1, -0.05) is 53.4 Å². The van der Waals surface area contributed by atoms with Gasteiger partial charge in [0.05, 0.1) is 0 Å². The second kappa shape index (κ2) is 5.13. The lowest BCUT2D eigenvalue weighted by atomic mass is 9.71. The number of rotatable bonds is 6. The molecule has 0 radical (unpaired) electrons. The maximum atomic E-state index is 9.63. The van der Waals surface area contributed by atoms with Gasteiger partial charge in [-0.2, -0.15) is 0 Å². The highest BCUT2D eigenvalue weighted by atomic mass is 16.5. The van der Waals surface area contributed by atoms with Crippen molar-refractivity contribution in [3.8, 4) is 0 Å². The largest absolute Gasteiger partial charge is 0.365 e. The van der Waals surface area contributed by atoms with Crippen molar-refractivity contribution >= 4 is 0 Å². The van der Waals surface area contributed by atoms with Crippen molar-refractivity contribution < 1.29 is 10.2 Å². The first kappa shape index (κ1) is 13.9. The molecule has 0 aromatic carbocycles. The Kier molecular flexibility index (Phi) is 5.10. The fourth-order valence-corrected chi connectivity index (χ4v) is 1.53. The highest BCUT2D eigenvalue weighted by molar-refractivity contribution is 4.85. The average molecular weight is 202 g/mol. The van der Waals surface area contributed by atoms with E-state index in [-0.39, 0.29) is 0 Å². The van der Waals surface area contributed by atoms with Crippen molar-refractivity contribution in [2.24, 2.45) is 11.3 Å². The molecule has 0 saturated heterocycles. The molecular weight excluding hydrogens is 176 g/mol. The summed E-state index contributed by atoms with van der Waals surface area (Å²) in [5.74, 6) is -1.26. The normalized spacial score (nSPS) is 15.6. The Morgan fingerprint density at radius 2 is 1.57 bits per heavy atom. The predicted molar refractivity (Wildman–Crippen MR) is 59.9 cm³/mol. The monoisotopic (exact) mass is 202 g/mol. The van der Waals surface area contributed by atoms with Gasteiger partial charge in [0.15, 0.2) is 5.79 Å². The van der Waals surface area contributed by atoms with Gasteiger partial charge < -0.3 is 10.2 Å². The van der Waals surface area contributed by atoms with Crippen molar-refractivity contribution in [1.29, 1.82) is 0 Å². The van der Waals surface area contributed by atoms with E-state index in [0.717, 1.165) is 6.42 Å². The molecular formula is C12H26O2. The molecule has 1 unspecified atom stereocenters. The summed E-state index contributed by atoms with van der Waals surface area (Å²) in [5, 5.41) is 19.3. The zero-order valence-corrected chi connectivity index (χ0v) is 10.3. The minimum absolute atomic E-state index is 0.328. The molecule has 0 aliphatic carbocycles. The summed E-state index contributed by atoms with van der Waals surface area (Å²) in [7, 11) is 0. The van der Waals surface area contributed by atoms with Crippen LogP contribution in [0, 0.1) is 11.3 Å². The van der Waals surface area contributed by atoms with Crippen LogP contribution in [0.5, 0.6) is 0 Å². The molecule has 2 nitrogen and oxygen atoms in total. The molecule has 0 aromatic rings. The molecule has 1 atom stereocenters. The first-order chi connectivity index (χ1) is 6.23. The topological polar surface area (TPSA) is 40.5 Å². The van der Waals surface area contributed by atoms with Gasteiger partial charge in [0.25, 0.3) is 0 Å². The van der Waals surface area contributed by atoms with E-state index in [1.165, 1.54) is 26.2 Å². The lowest BCUT2D eigenvalue weighted by Crippen LogP contribution is -2.45. The van der Waals surface area contributed by atoms with Crippen LogP contribution >= 0.6 is 0 Å². The summed E-state index contributed by atoms with van der Waals surface area (Å²) in [6, 6.07) is 0. The first-order valence-corrected chi connectivity index (χ1v) is 5.68. The molecule has 0 bridgehead atoms. The maximum absolute atomic E-state index is 9.63. The third-order valence-corrected chi connectivity index (χ3v) is 3.69. The molecule has 0 aliphatic heterocycles. The lowest BCUT2D eigenvalue weighted by molar-refractivity contribution is -0.234. The van der Waals surface area contributed by atoms with Crippen LogP contribution in [0.15, 0.2) is 0 Å². The van der Waals surface area contributed by atoms with Gasteiger partial charge in [-0.25, -0.2) is 0 Å². The van der Waals surface area contributed by atoms with E-state index in [4.69, 9.17) is 0 Å². The van der Waals surface area contributed by atoms with Crippen LogP contribution in [0.25, 0.3) is 0 Å². The smallest absolute Gasteiger partial charge is 0.165 e. The van der Waals surface area contributed by atoms with Crippen molar-refractivity contribution in [2.75, 3.05) is 0 Å². The molecule has 0 saturated carbocycles. The molecule has 86 valence electrons. The van der Waals surface area contributed by atoms with Crippen LogP contribution < -0.4 is 0 Å². The van der Waals surface area contributed by atoms with E-state index in [2.05, 4.69) is 13.8 Å². The fourth-order valence-electron chi connectivity index (χ4n) is 1.53. The Bertz CT molecular complexity index is 156. The molecule has 0 amide bonds. The molecule has 2 N–H and O–H groups in total. The van der Waals surface area contributed by atoms with E-state index < -0.39 is 11.2 Å². The zero-order valence-electron chi connectivity index (χ0n) is 10.3. The number of hydrogen-bond acceptors (Lipinski definition) is 2. The van der Waals surface area contributed by atoms with E-state index in [1.807, 2.05) is 13.8 Å². The van der Waals surface area contributed by atoms with Gasteiger partial charge in [0, 0.05) is 5.41 Å². The fraction of sp³-hybridized carbons (Fsp3) is 1.00. The van der Waals surface area contributed by atoms with Gasteiger partial charge in [-0.3, -0.25) is 0 Å².